The van der Waals surface area contributed by atoms with Crippen LogP contribution in [0, 0.1) is 0 Å². The summed E-state index contributed by atoms with van der Waals surface area (Å²) < 4.78 is 43.9. The molecule has 3 aromatic rings. The van der Waals surface area contributed by atoms with Crippen molar-refractivity contribution in [3.63, 3.8) is 0 Å². The summed E-state index contributed by atoms with van der Waals surface area (Å²) in [6, 6.07) is 8.04. The largest absolute Gasteiger partial charge is 0.573 e. The molecule has 0 radical (unpaired) electrons. The van der Waals surface area contributed by atoms with E-state index in [1.54, 1.807) is 11.8 Å². The molecule has 0 bridgehead atoms. The summed E-state index contributed by atoms with van der Waals surface area (Å²) in [5, 5.41) is 0. The van der Waals surface area contributed by atoms with Gasteiger partial charge in [0.1, 0.15) is 5.75 Å². The number of nitrogens with zero attached hydrogens (tertiary/aromatic N) is 1. The highest BCUT2D eigenvalue weighted by atomic mass is 32.2. The summed E-state index contributed by atoms with van der Waals surface area (Å²) in [4.78, 5) is 4.44. The van der Waals surface area contributed by atoms with Crippen molar-refractivity contribution in [2.45, 2.75) is 17.1 Å². The molecule has 0 aliphatic rings. The highest BCUT2D eigenvalue weighted by molar-refractivity contribution is 8.00. The van der Waals surface area contributed by atoms with E-state index < -0.39 is 6.36 Å². The van der Waals surface area contributed by atoms with Gasteiger partial charge in [0.15, 0.2) is 4.34 Å². The molecule has 1 aromatic heterocycles. The van der Waals surface area contributed by atoms with Gasteiger partial charge in [-0.05, 0) is 36.1 Å². The molecule has 3 rings (SSSR count). The van der Waals surface area contributed by atoms with Crippen LogP contribution in [0.1, 0.15) is 11.1 Å². The first-order valence-electron chi connectivity index (χ1n) is 7.13. The van der Waals surface area contributed by atoms with Crippen molar-refractivity contribution in [1.29, 1.82) is 0 Å². The molecule has 9 heteroatoms. The van der Waals surface area contributed by atoms with Gasteiger partial charge < -0.3 is 16.2 Å². The SMILES string of the molecule is CSc1nc2ccc(Cc3c(OC(F)(F)F)ccc(N)c3N)cc2s1. The third-order valence-electron chi connectivity index (χ3n) is 3.56. The average Bonchev–Trinajstić information content (AvgIpc) is 2.95. The van der Waals surface area contributed by atoms with E-state index in [4.69, 9.17) is 11.5 Å². The minimum absolute atomic E-state index is 0.0935. The molecule has 25 heavy (non-hydrogen) atoms. The summed E-state index contributed by atoms with van der Waals surface area (Å²) >= 11 is 3.07. The first-order valence-corrected chi connectivity index (χ1v) is 9.17. The van der Waals surface area contributed by atoms with E-state index >= 15 is 0 Å². The number of thiazole rings is 1. The molecule has 0 spiro atoms. The number of anilines is 2. The monoisotopic (exact) mass is 385 g/mol. The quantitative estimate of drug-likeness (QED) is 0.504. The fourth-order valence-corrected chi connectivity index (χ4v) is 3.97. The molecule has 1 heterocycles. The van der Waals surface area contributed by atoms with Crippen LogP contribution in [-0.4, -0.2) is 17.6 Å². The highest BCUT2D eigenvalue weighted by Gasteiger charge is 2.32. The second-order valence-corrected chi connectivity index (χ2v) is 7.34. The van der Waals surface area contributed by atoms with Crippen LogP contribution in [0.3, 0.4) is 0 Å². The molecule has 0 aliphatic heterocycles. The summed E-state index contributed by atoms with van der Waals surface area (Å²) in [7, 11) is 0. The number of ether oxygens (including phenoxy) is 1. The zero-order valence-electron chi connectivity index (χ0n) is 13.1. The van der Waals surface area contributed by atoms with Crippen LogP contribution in [0.25, 0.3) is 10.2 Å². The first-order chi connectivity index (χ1) is 11.8. The van der Waals surface area contributed by atoms with E-state index in [2.05, 4.69) is 9.72 Å². The van der Waals surface area contributed by atoms with Gasteiger partial charge in [-0.3, -0.25) is 0 Å². The van der Waals surface area contributed by atoms with Crippen molar-refractivity contribution in [1.82, 2.24) is 4.98 Å². The van der Waals surface area contributed by atoms with E-state index in [1.165, 1.54) is 23.5 Å². The predicted molar refractivity (Wildman–Crippen MR) is 96.2 cm³/mol. The fourth-order valence-electron chi connectivity index (χ4n) is 2.41. The van der Waals surface area contributed by atoms with Crippen LogP contribution in [0.4, 0.5) is 24.5 Å². The summed E-state index contributed by atoms with van der Waals surface area (Å²) in [6.45, 7) is 0. The second-order valence-electron chi connectivity index (χ2n) is 5.26. The molecule has 0 amide bonds. The normalized spacial score (nSPS) is 11.8. The van der Waals surface area contributed by atoms with Crippen LogP contribution in [0.2, 0.25) is 0 Å². The summed E-state index contributed by atoms with van der Waals surface area (Å²) in [5.74, 6) is -0.339. The van der Waals surface area contributed by atoms with Gasteiger partial charge in [-0.1, -0.05) is 17.8 Å². The van der Waals surface area contributed by atoms with Gasteiger partial charge in [0.2, 0.25) is 0 Å². The lowest BCUT2D eigenvalue weighted by Gasteiger charge is -2.16. The smallest absolute Gasteiger partial charge is 0.405 e. The molecule has 0 atom stereocenters. The number of rotatable bonds is 4. The Morgan fingerprint density at radius 1 is 1.20 bits per heavy atom. The van der Waals surface area contributed by atoms with Gasteiger partial charge in [0.05, 0.1) is 21.6 Å². The number of halogens is 3. The number of aromatic nitrogens is 1. The number of alkyl halides is 3. The molecular weight excluding hydrogens is 371 g/mol. The molecule has 2 aromatic carbocycles. The Morgan fingerprint density at radius 2 is 1.96 bits per heavy atom. The third kappa shape index (κ3) is 3.93. The first kappa shape index (κ1) is 17.7. The number of hydrogen-bond donors (Lipinski definition) is 2. The zero-order chi connectivity index (χ0) is 18.2. The second kappa shape index (κ2) is 6.64. The van der Waals surface area contributed by atoms with Crippen LogP contribution in [0.15, 0.2) is 34.7 Å². The molecular formula is C16H14F3N3OS2. The van der Waals surface area contributed by atoms with Gasteiger partial charge in [0.25, 0.3) is 0 Å². The Hall–Kier alpha value is -2.13. The summed E-state index contributed by atoms with van der Waals surface area (Å²) in [5.41, 5.74) is 13.8. The molecule has 0 unspecified atom stereocenters. The number of nitrogen functional groups attached to an aromatic ring is 2. The Labute approximate surface area is 150 Å². The lowest BCUT2D eigenvalue weighted by molar-refractivity contribution is -0.274. The molecule has 4 nitrogen and oxygen atoms in total. The lowest BCUT2D eigenvalue weighted by atomic mass is 10.0. The van der Waals surface area contributed by atoms with Crippen molar-refractivity contribution in [3.05, 3.63) is 41.5 Å². The van der Waals surface area contributed by atoms with Gasteiger partial charge in [-0.2, -0.15) is 0 Å². The minimum Gasteiger partial charge on any atom is -0.405 e. The van der Waals surface area contributed by atoms with Crippen molar-refractivity contribution >= 4 is 44.7 Å². The molecule has 0 aliphatic carbocycles. The van der Waals surface area contributed by atoms with Gasteiger partial charge >= 0.3 is 6.36 Å². The lowest BCUT2D eigenvalue weighted by Crippen LogP contribution is -2.19. The number of nitrogens with two attached hydrogens (primary N) is 2. The van der Waals surface area contributed by atoms with Crippen molar-refractivity contribution in [3.8, 4) is 5.75 Å². The van der Waals surface area contributed by atoms with Gasteiger partial charge in [0, 0.05) is 12.0 Å². The van der Waals surface area contributed by atoms with Crippen molar-refractivity contribution < 1.29 is 17.9 Å². The van der Waals surface area contributed by atoms with Crippen molar-refractivity contribution in [2.24, 2.45) is 0 Å². The highest BCUT2D eigenvalue weighted by Crippen LogP contribution is 2.36. The van der Waals surface area contributed by atoms with Gasteiger partial charge in [-0.15, -0.1) is 24.5 Å². The third-order valence-corrected chi connectivity index (χ3v) is 5.57. The summed E-state index contributed by atoms with van der Waals surface area (Å²) in [6.07, 6.45) is -2.69. The van der Waals surface area contributed by atoms with Crippen LogP contribution in [-0.2, 0) is 6.42 Å². The van der Waals surface area contributed by atoms with Crippen LogP contribution < -0.4 is 16.2 Å². The maximum atomic E-state index is 12.6. The zero-order valence-corrected chi connectivity index (χ0v) is 14.7. The van der Waals surface area contributed by atoms with Crippen molar-refractivity contribution in [2.75, 3.05) is 17.7 Å². The number of hydrogen-bond acceptors (Lipinski definition) is 6. The van der Waals surface area contributed by atoms with E-state index in [0.717, 1.165) is 20.1 Å². The average molecular weight is 385 g/mol. The predicted octanol–water partition coefficient (Wildman–Crippen LogP) is 4.67. The van der Waals surface area contributed by atoms with E-state index in [9.17, 15) is 13.2 Å². The van der Waals surface area contributed by atoms with Gasteiger partial charge in [-0.25, -0.2) is 4.98 Å². The van der Waals surface area contributed by atoms with Crippen LogP contribution in [0.5, 0.6) is 5.75 Å². The molecule has 0 fully saturated rings. The van der Waals surface area contributed by atoms with E-state index in [1.807, 2.05) is 24.5 Å². The Balaban J connectivity index is 2.00. The maximum Gasteiger partial charge on any atom is 0.573 e. The van der Waals surface area contributed by atoms with E-state index in [0.29, 0.717) is 0 Å². The number of benzene rings is 2. The molecule has 0 saturated heterocycles. The fraction of sp³-hybridized carbons (Fsp3) is 0.188. The Morgan fingerprint density at radius 3 is 2.64 bits per heavy atom. The Bertz CT molecular complexity index is 925. The minimum atomic E-state index is -4.80. The number of fused-ring (bicyclic) bond motifs is 1. The molecule has 132 valence electrons. The standard InChI is InChI=1S/C16H14F3N3OS2/c1-24-15-22-11-4-2-8(7-13(11)25-15)6-9-12(23-16(17,18)19)5-3-10(20)14(9)21/h2-5,7H,6,20-21H2,1H3. The van der Waals surface area contributed by atoms with E-state index in [-0.39, 0.29) is 29.1 Å². The maximum absolute atomic E-state index is 12.6. The number of thioether (sulfide) groups is 1. The molecule has 0 saturated carbocycles. The Kier molecular flexibility index (Phi) is 4.70. The molecule has 4 N–H and O–H groups in total. The topological polar surface area (TPSA) is 74.2 Å². The van der Waals surface area contributed by atoms with Crippen LogP contribution >= 0.6 is 23.1 Å².